The fraction of sp³-hybridized carbons (Fsp3) is 0.727. The van der Waals surface area contributed by atoms with Crippen LogP contribution in [0, 0.1) is 0 Å². The van der Waals surface area contributed by atoms with Gasteiger partial charge in [0.05, 0.1) is 0 Å². The molecule has 142 valence electrons. The van der Waals surface area contributed by atoms with Gasteiger partial charge in [-0.2, -0.15) is 0 Å². The number of aliphatic hydroxyl groups is 2. The maximum Gasteiger partial charge on any atom is 0.130 e. The zero-order valence-corrected chi connectivity index (χ0v) is 16.6. The van der Waals surface area contributed by atoms with E-state index in [2.05, 4.69) is 39.0 Å². The Morgan fingerprint density at radius 1 is 1.16 bits per heavy atom. The summed E-state index contributed by atoms with van der Waals surface area (Å²) in [7, 11) is 0. The second-order valence-electron chi connectivity index (χ2n) is 8.72. The van der Waals surface area contributed by atoms with Crippen molar-refractivity contribution in [3.63, 3.8) is 0 Å². The lowest BCUT2D eigenvalue weighted by Gasteiger charge is -2.42. The van der Waals surface area contributed by atoms with Gasteiger partial charge in [-0.05, 0) is 43.7 Å². The minimum Gasteiger partial charge on any atom is -0.485 e. The van der Waals surface area contributed by atoms with Gasteiger partial charge in [0, 0.05) is 18.1 Å². The zero-order valence-electron chi connectivity index (χ0n) is 16.6. The maximum atomic E-state index is 10.6. The van der Waals surface area contributed by atoms with Gasteiger partial charge in [0.25, 0.3) is 0 Å². The van der Waals surface area contributed by atoms with E-state index in [1.54, 1.807) is 0 Å². The monoisotopic (exact) mass is 348 g/mol. The molecule has 1 heterocycles. The number of ether oxygens (including phenoxy) is 1. The highest BCUT2D eigenvalue weighted by Gasteiger charge is 2.42. The molecule has 3 heteroatoms. The van der Waals surface area contributed by atoms with Gasteiger partial charge in [-0.25, -0.2) is 0 Å². The molecule has 2 unspecified atom stereocenters. The number of hydrogen-bond acceptors (Lipinski definition) is 3. The maximum absolute atomic E-state index is 10.6. The standard InChI is InChI=1S/C22H36O3/c1-6-7-8-9-13-21(2,3)16-10-11-17-18(12-14-23)20(24)22(4,5)25-19(17)15-16/h10-11,15,18,20,23-24H,6-9,12-14H2,1-5H3. The average molecular weight is 349 g/mol. The molecule has 0 radical (unpaired) electrons. The minimum atomic E-state index is -0.642. The van der Waals surface area contributed by atoms with Crippen LogP contribution in [0.4, 0.5) is 0 Å². The van der Waals surface area contributed by atoms with Crippen molar-refractivity contribution in [3.8, 4) is 5.75 Å². The summed E-state index contributed by atoms with van der Waals surface area (Å²) in [5, 5.41) is 20.0. The third kappa shape index (κ3) is 4.57. The highest BCUT2D eigenvalue weighted by atomic mass is 16.5. The van der Waals surface area contributed by atoms with E-state index in [9.17, 15) is 10.2 Å². The lowest BCUT2D eigenvalue weighted by Crippen LogP contribution is -2.49. The predicted octanol–water partition coefficient (Wildman–Crippen LogP) is 4.93. The SMILES string of the molecule is CCCCCCC(C)(C)c1ccc2c(c1)OC(C)(C)C(O)C2CCO. The smallest absolute Gasteiger partial charge is 0.130 e. The van der Waals surface area contributed by atoms with Gasteiger partial charge >= 0.3 is 0 Å². The minimum absolute atomic E-state index is 0.0713. The Morgan fingerprint density at radius 3 is 2.52 bits per heavy atom. The van der Waals surface area contributed by atoms with Crippen LogP contribution in [0.1, 0.15) is 90.2 Å². The van der Waals surface area contributed by atoms with Gasteiger partial charge < -0.3 is 14.9 Å². The summed E-state index contributed by atoms with van der Waals surface area (Å²) in [5.74, 6) is 0.790. The van der Waals surface area contributed by atoms with Gasteiger partial charge in [-0.1, -0.05) is 58.6 Å². The Bertz CT molecular complexity index is 562. The van der Waals surface area contributed by atoms with Crippen LogP contribution in [0.2, 0.25) is 0 Å². The molecule has 1 aliphatic rings. The first-order chi connectivity index (χ1) is 11.7. The molecule has 2 N–H and O–H groups in total. The van der Waals surface area contributed by atoms with Crippen LogP contribution in [0.5, 0.6) is 5.75 Å². The van der Waals surface area contributed by atoms with Crippen molar-refractivity contribution in [2.24, 2.45) is 0 Å². The second-order valence-corrected chi connectivity index (χ2v) is 8.72. The molecule has 0 bridgehead atoms. The van der Waals surface area contributed by atoms with E-state index in [1.807, 2.05) is 13.8 Å². The summed E-state index contributed by atoms with van der Waals surface area (Å²) in [4.78, 5) is 0. The summed E-state index contributed by atoms with van der Waals surface area (Å²) in [6.45, 7) is 10.8. The van der Waals surface area contributed by atoms with Crippen molar-refractivity contribution in [2.75, 3.05) is 6.61 Å². The van der Waals surface area contributed by atoms with Crippen LogP contribution in [0.25, 0.3) is 0 Å². The van der Waals surface area contributed by atoms with Crippen LogP contribution in [-0.2, 0) is 5.41 Å². The third-order valence-electron chi connectivity index (χ3n) is 5.76. The average Bonchev–Trinajstić information content (AvgIpc) is 2.55. The van der Waals surface area contributed by atoms with Gasteiger partial charge in [-0.3, -0.25) is 0 Å². The Morgan fingerprint density at radius 2 is 1.88 bits per heavy atom. The van der Waals surface area contributed by atoms with Crippen molar-refractivity contribution in [1.29, 1.82) is 0 Å². The zero-order chi connectivity index (χ0) is 18.7. The molecule has 2 atom stereocenters. The first-order valence-electron chi connectivity index (χ1n) is 9.85. The predicted molar refractivity (Wildman–Crippen MR) is 103 cm³/mol. The normalized spacial score (nSPS) is 22.4. The molecule has 0 saturated heterocycles. The Hall–Kier alpha value is -1.06. The number of unbranched alkanes of at least 4 members (excludes halogenated alkanes) is 3. The molecule has 1 aliphatic heterocycles. The topological polar surface area (TPSA) is 49.7 Å². The number of benzene rings is 1. The molecule has 0 aliphatic carbocycles. The highest BCUT2D eigenvalue weighted by Crippen LogP contribution is 2.44. The Balaban J connectivity index is 2.25. The quantitative estimate of drug-likeness (QED) is 0.655. The molecular formula is C22H36O3. The number of rotatable bonds is 8. The van der Waals surface area contributed by atoms with E-state index >= 15 is 0 Å². The summed E-state index contributed by atoms with van der Waals surface area (Å²) in [5.41, 5.74) is 1.78. The van der Waals surface area contributed by atoms with E-state index in [1.165, 1.54) is 31.2 Å². The summed E-state index contributed by atoms with van der Waals surface area (Å²) < 4.78 is 6.16. The van der Waals surface area contributed by atoms with Crippen molar-refractivity contribution in [2.45, 2.75) is 96.2 Å². The van der Waals surface area contributed by atoms with Crippen LogP contribution < -0.4 is 4.74 Å². The molecule has 1 aromatic rings. The lowest BCUT2D eigenvalue weighted by molar-refractivity contribution is -0.0617. The molecule has 0 spiro atoms. The molecule has 3 nitrogen and oxygen atoms in total. The van der Waals surface area contributed by atoms with Crippen LogP contribution in [0.15, 0.2) is 18.2 Å². The fourth-order valence-corrected chi connectivity index (χ4v) is 3.94. The van der Waals surface area contributed by atoms with E-state index in [-0.39, 0.29) is 17.9 Å². The fourth-order valence-electron chi connectivity index (χ4n) is 3.94. The van der Waals surface area contributed by atoms with Gasteiger partial charge in [0.2, 0.25) is 0 Å². The van der Waals surface area contributed by atoms with Gasteiger partial charge in [0.15, 0.2) is 0 Å². The van der Waals surface area contributed by atoms with Crippen LogP contribution in [-0.4, -0.2) is 28.5 Å². The molecule has 0 aromatic heterocycles. The van der Waals surface area contributed by atoms with Gasteiger partial charge in [-0.15, -0.1) is 0 Å². The van der Waals surface area contributed by atoms with E-state index in [0.717, 1.165) is 17.7 Å². The second kappa shape index (κ2) is 8.09. The Kier molecular flexibility index (Phi) is 6.56. The molecule has 0 saturated carbocycles. The summed E-state index contributed by atoms with van der Waals surface area (Å²) >= 11 is 0. The largest absolute Gasteiger partial charge is 0.485 e. The number of hydrogen-bond donors (Lipinski definition) is 2. The summed E-state index contributed by atoms with van der Waals surface area (Å²) in [6.07, 6.45) is 6.21. The molecule has 0 amide bonds. The van der Waals surface area contributed by atoms with Crippen molar-refractivity contribution >= 4 is 0 Å². The first-order valence-corrected chi connectivity index (χ1v) is 9.85. The van der Waals surface area contributed by atoms with Gasteiger partial charge in [0.1, 0.15) is 17.5 Å². The van der Waals surface area contributed by atoms with Crippen LogP contribution in [0.3, 0.4) is 0 Å². The molecule has 0 fully saturated rings. The summed E-state index contributed by atoms with van der Waals surface area (Å²) in [6, 6.07) is 6.43. The molecular weight excluding hydrogens is 312 g/mol. The van der Waals surface area contributed by atoms with Crippen LogP contribution >= 0.6 is 0 Å². The molecule has 2 rings (SSSR count). The van der Waals surface area contributed by atoms with Crippen molar-refractivity contribution in [3.05, 3.63) is 29.3 Å². The molecule has 25 heavy (non-hydrogen) atoms. The Labute approximate surface area is 153 Å². The number of aliphatic hydroxyl groups excluding tert-OH is 2. The lowest BCUT2D eigenvalue weighted by atomic mass is 9.76. The number of fused-ring (bicyclic) bond motifs is 1. The molecule has 1 aromatic carbocycles. The third-order valence-corrected chi connectivity index (χ3v) is 5.76. The van der Waals surface area contributed by atoms with E-state index in [4.69, 9.17) is 4.74 Å². The van der Waals surface area contributed by atoms with Crippen molar-refractivity contribution in [1.82, 2.24) is 0 Å². The first kappa shape index (κ1) is 20.3. The van der Waals surface area contributed by atoms with Crippen molar-refractivity contribution < 1.29 is 14.9 Å². The van der Waals surface area contributed by atoms with E-state index < -0.39 is 11.7 Å². The van der Waals surface area contributed by atoms with E-state index in [0.29, 0.717) is 6.42 Å². The highest BCUT2D eigenvalue weighted by molar-refractivity contribution is 5.45.